The second-order valence-corrected chi connectivity index (χ2v) is 7.70. The lowest BCUT2D eigenvalue weighted by molar-refractivity contribution is -0.116. The summed E-state index contributed by atoms with van der Waals surface area (Å²) in [6.45, 7) is 7.02. The van der Waals surface area contributed by atoms with Crippen LogP contribution in [0.2, 0.25) is 0 Å². The fourth-order valence-electron chi connectivity index (χ4n) is 2.82. The van der Waals surface area contributed by atoms with Crippen LogP contribution in [-0.4, -0.2) is 27.8 Å². The number of benzene rings is 1. The molecule has 0 N–H and O–H groups in total. The fraction of sp³-hybridized carbons (Fsp3) is 0.316. The molecule has 0 spiro atoms. The summed E-state index contributed by atoms with van der Waals surface area (Å²) < 4.78 is 2.30. The molecular weight excluding hydrogens is 366 g/mol. The number of hydrogen-bond donors (Lipinski definition) is 0. The Kier molecular flexibility index (Phi) is 5.78. The van der Waals surface area contributed by atoms with Gasteiger partial charge in [-0.2, -0.15) is 0 Å². The summed E-state index contributed by atoms with van der Waals surface area (Å²) >= 11 is 2.72. The molecule has 0 aliphatic heterocycles. The first-order chi connectivity index (χ1) is 12.5. The van der Waals surface area contributed by atoms with Gasteiger partial charge in [-0.3, -0.25) is 14.2 Å². The van der Waals surface area contributed by atoms with E-state index in [1.54, 1.807) is 9.47 Å². The number of nitrogens with zero attached hydrogens (tertiary/aromatic N) is 3. The Bertz CT molecular complexity index is 994. The van der Waals surface area contributed by atoms with Gasteiger partial charge in [0.2, 0.25) is 5.91 Å². The Labute approximate surface area is 160 Å². The van der Waals surface area contributed by atoms with Gasteiger partial charge in [0.1, 0.15) is 4.70 Å². The average molecular weight is 388 g/mol. The maximum atomic E-state index is 12.7. The summed E-state index contributed by atoms with van der Waals surface area (Å²) in [7, 11) is 0. The van der Waals surface area contributed by atoms with Crippen molar-refractivity contribution in [1.82, 2.24) is 9.55 Å². The summed E-state index contributed by atoms with van der Waals surface area (Å²) in [5, 5.41) is 2.46. The second-order valence-electron chi connectivity index (χ2n) is 5.84. The molecule has 5 nitrogen and oxygen atoms in total. The molecule has 136 valence electrons. The smallest absolute Gasteiger partial charge is 0.272 e. The zero-order valence-corrected chi connectivity index (χ0v) is 16.7. The van der Waals surface area contributed by atoms with Crippen LogP contribution in [0.25, 0.3) is 10.2 Å². The Morgan fingerprint density at radius 1 is 1.31 bits per heavy atom. The Hall–Kier alpha value is -2.12. The Morgan fingerprint density at radius 3 is 2.81 bits per heavy atom. The number of thiophene rings is 1. The minimum Gasteiger partial charge on any atom is -0.312 e. The highest BCUT2D eigenvalue weighted by molar-refractivity contribution is 7.99. The third kappa shape index (κ3) is 3.68. The van der Waals surface area contributed by atoms with Crippen molar-refractivity contribution in [3.05, 3.63) is 51.6 Å². The van der Waals surface area contributed by atoms with Crippen LogP contribution in [-0.2, 0) is 11.3 Å². The molecule has 0 aliphatic carbocycles. The maximum Gasteiger partial charge on any atom is 0.272 e. The van der Waals surface area contributed by atoms with E-state index in [9.17, 15) is 9.59 Å². The largest absolute Gasteiger partial charge is 0.312 e. The lowest BCUT2D eigenvalue weighted by Gasteiger charge is -2.21. The Balaban J connectivity index is 1.82. The molecule has 0 saturated heterocycles. The SMILES string of the molecule is CCN(C(=O)CSc1nc2ccsc2c(=O)n1CC)c1cccc(C)c1. The topological polar surface area (TPSA) is 55.2 Å². The molecule has 2 heterocycles. The first kappa shape index (κ1) is 18.7. The molecular formula is C19H21N3O2S2. The van der Waals surface area contributed by atoms with E-state index >= 15 is 0 Å². The molecule has 3 aromatic rings. The van der Waals surface area contributed by atoms with Gasteiger partial charge in [-0.1, -0.05) is 23.9 Å². The van der Waals surface area contributed by atoms with E-state index in [0.717, 1.165) is 11.3 Å². The van der Waals surface area contributed by atoms with Crippen molar-refractivity contribution in [2.75, 3.05) is 17.2 Å². The number of hydrogen-bond acceptors (Lipinski definition) is 5. The highest BCUT2D eigenvalue weighted by atomic mass is 32.2. The van der Waals surface area contributed by atoms with Gasteiger partial charge >= 0.3 is 0 Å². The third-order valence-electron chi connectivity index (χ3n) is 4.10. The molecule has 2 aromatic heterocycles. The molecule has 0 fully saturated rings. The number of anilines is 1. The van der Waals surface area contributed by atoms with Gasteiger partial charge in [-0.15, -0.1) is 11.3 Å². The van der Waals surface area contributed by atoms with Crippen molar-refractivity contribution >= 4 is 44.9 Å². The molecule has 1 aromatic carbocycles. The lowest BCUT2D eigenvalue weighted by Crippen LogP contribution is -2.32. The molecule has 0 bridgehead atoms. The molecule has 7 heteroatoms. The zero-order valence-electron chi connectivity index (χ0n) is 15.1. The van der Waals surface area contributed by atoms with Gasteiger partial charge in [0.15, 0.2) is 5.16 Å². The van der Waals surface area contributed by atoms with E-state index in [1.165, 1.54) is 23.1 Å². The van der Waals surface area contributed by atoms with E-state index in [2.05, 4.69) is 4.98 Å². The molecule has 3 rings (SSSR count). The van der Waals surface area contributed by atoms with E-state index in [4.69, 9.17) is 0 Å². The van der Waals surface area contributed by atoms with Gasteiger partial charge in [-0.25, -0.2) is 4.98 Å². The number of aromatic nitrogens is 2. The van der Waals surface area contributed by atoms with Crippen molar-refractivity contribution in [2.24, 2.45) is 0 Å². The first-order valence-electron chi connectivity index (χ1n) is 8.53. The number of amides is 1. The van der Waals surface area contributed by atoms with Crippen LogP contribution in [0.15, 0.2) is 45.7 Å². The van der Waals surface area contributed by atoms with Crippen molar-refractivity contribution in [1.29, 1.82) is 0 Å². The highest BCUT2D eigenvalue weighted by Crippen LogP contribution is 2.23. The molecule has 0 atom stereocenters. The minimum absolute atomic E-state index is 0.00502. The maximum absolute atomic E-state index is 12.7. The third-order valence-corrected chi connectivity index (χ3v) is 5.96. The number of aryl methyl sites for hydroxylation is 1. The summed E-state index contributed by atoms with van der Waals surface area (Å²) in [6.07, 6.45) is 0. The van der Waals surface area contributed by atoms with Gasteiger partial charge in [0.05, 0.1) is 11.3 Å². The van der Waals surface area contributed by atoms with Crippen LogP contribution in [0.3, 0.4) is 0 Å². The van der Waals surface area contributed by atoms with Crippen LogP contribution in [0.5, 0.6) is 0 Å². The summed E-state index contributed by atoms with van der Waals surface area (Å²) in [5.74, 6) is 0.245. The predicted molar refractivity (Wildman–Crippen MR) is 109 cm³/mol. The average Bonchev–Trinajstić information content (AvgIpc) is 3.09. The van der Waals surface area contributed by atoms with Crippen LogP contribution in [0, 0.1) is 6.92 Å². The predicted octanol–water partition coefficient (Wildman–Crippen LogP) is 3.93. The molecule has 0 unspecified atom stereocenters. The number of carbonyl (C=O) groups excluding carboxylic acids is 1. The van der Waals surface area contributed by atoms with E-state index < -0.39 is 0 Å². The lowest BCUT2D eigenvalue weighted by atomic mass is 10.2. The van der Waals surface area contributed by atoms with Crippen molar-refractivity contribution in [2.45, 2.75) is 32.5 Å². The number of rotatable bonds is 6. The highest BCUT2D eigenvalue weighted by Gasteiger charge is 2.17. The molecule has 26 heavy (non-hydrogen) atoms. The van der Waals surface area contributed by atoms with Crippen molar-refractivity contribution in [3.8, 4) is 0 Å². The van der Waals surface area contributed by atoms with Gasteiger partial charge in [0.25, 0.3) is 5.56 Å². The van der Waals surface area contributed by atoms with Crippen LogP contribution in [0.4, 0.5) is 5.69 Å². The number of fused-ring (bicyclic) bond motifs is 1. The van der Waals surface area contributed by atoms with Crippen LogP contribution in [0.1, 0.15) is 19.4 Å². The standard InChI is InChI=1S/C19H21N3O2S2/c1-4-21(14-8-6-7-13(3)11-14)16(23)12-26-19-20-15-9-10-25-17(15)18(24)22(19)5-2/h6-11H,4-5,12H2,1-3H3. The van der Waals surface area contributed by atoms with Gasteiger partial charge < -0.3 is 4.90 Å². The van der Waals surface area contributed by atoms with Crippen LogP contribution >= 0.6 is 23.1 Å². The molecule has 0 aliphatic rings. The van der Waals surface area contributed by atoms with E-state index in [1.807, 2.05) is 56.5 Å². The number of thioether (sulfide) groups is 1. The van der Waals surface area contributed by atoms with Gasteiger partial charge in [-0.05, 0) is 49.9 Å². The molecule has 0 radical (unpaired) electrons. The summed E-state index contributed by atoms with van der Waals surface area (Å²) in [5.41, 5.74) is 2.68. The van der Waals surface area contributed by atoms with E-state index in [0.29, 0.717) is 28.5 Å². The normalized spacial score (nSPS) is 11.0. The second kappa shape index (κ2) is 8.05. The van der Waals surface area contributed by atoms with Crippen molar-refractivity contribution < 1.29 is 4.79 Å². The minimum atomic E-state index is -0.0338. The monoisotopic (exact) mass is 387 g/mol. The number of carbonyl (C=O) groups is 1. The van der Waals surface area contributed by atoms with Gasteiger partial charge in [0, 0.05) is 18.8 Å². The molecule has 0 saturated carbocycles. The summed E-state index contributed by atoms with van der Waals surface area (Å²) in [6, 6.07) is 9.75. The summed E-state index contributed by atoms with van der Waals surface area (Å²) in [4.78, 5) is 31.6. The van der Waals surface area contributed by atoms with Crippen molar-refractivity contribution in [3.63, 3.8) is 0 Å². The zero-order chi connectivity index (χ0) is 18.7. The first-order valence-corrected chi connectivity index (χ1v) is 10.4. The Morgan fingerprint density at radius 2 is 2.12 bits per heavy atom. The quantitative estimate of drug-likeness (QED) is 0.475. The molecule has 1 amide bonds. The van der Waals surface area contributed by atoms with Crippen LogP contribution < -0.4 is 10.5 Å². The van der Waals surface area contributed by atoms with E-state index in [-0.39, 0.29) is 17.2 Å². The fourth-order valence-corrected chi connectivity index (χ4v) is 4.53.